The molecule has 2 N–H and O–H groups in total. The summed E-state index contributed by atoms with van der Waals surface area (Å²) in [7, 11) is 0. The van der Waals surface area contributed by atoms with Gasteiger partial charge in [-0.2, -0.15) is 0 Å². The zero-order chi connectivity index (χ0) is 9.26. The summed E-state index contributed by atoms with van der Waals surface area (Å²) in [4.78, 5) is 18.3. The minimum absolute atomic E-state index is 0.151. The zero-order valence-electron chi connectivity index (χ0n) is 6.99. The van der Waals surface area contributed by atoms with Crippen LogP contribution in [0.1, 0.15) is 21.9 Å². The van der Waals surface area contributed by atoms with E-state index < -0.39 is 0 Å². The van der Waals surface area contributed by atoms with Gasteiger partial charge in [-0.25, -0.2) is 9.97 Å². The molecule has 0 radical (unpaired) electrons. The summed E-state index contributed by atoms with van der Waals surface area (Å²) in [5.74, 6) is 0.505. The van der Waals surface area contributed by atoms with Crippen molar-refractivity contribution >= 4 is 12.1 Å². The fourth-order valence-electron chi connectivity index (χ4n) is 1.33. The molecule has 13 heavy (non-hydrogen) atoms. The van der Waals surface area contributed by atoms with Gasteiger partial charge in [0.15, 0.2) is 12.1 Å². The highest BCUT2D eigenvalue weighted by Gasteiger charge is 2.15. The van der Waals surface area contributed by atoms with E-state index in [9.17, 15) is 4.79 Å². The van der Waals surface area contributed by atoms with E-state index in [0.717, 1.165) is 11.3 Å². The molecule has 0 atom stereocenters. The van der Waals surface area contributed by atoms with E-state index in [1.807, 2.05) is 0 Å². The van der Waals surface area contributed by atoms with Crippen molar-refractivity contribution in [2.45, 2.75) is 13.0 Å². The SMILES string of the molecule is Nc1nc(C=O)nc2c1COCC2. The number of rotatable bonds is 1. The van der Waals surface area contributed by atoms with Crippen LogP contribution in [0, 0.1) is 0 Å². The van der Waals surface area contributed by atoms with Gasteiger partial charge in [-0.15, -0.1) is 0 Å². The molecule has 1 aromatic heterocycles. The van der Waals surface area contributed by atoms with Gasteiger partial charge in [0.1, 0.15) is 5.82 Å². The van der Waals surface area contributed by atoms with Gasteiger partial charge in [0.05, 0.1) is 18.9 Å². The fourth-order valence-corrected chi connectivity index (χ4v) is 1.33. The molecule has 5 nitrogen and oxygen atoms in total. The van der Waals surface area contributed by atoms with Crippen molar-refractivity contribution in [1.29, 1.82) is 0 Å². The molecule has 0 aromatic carbocycles. The van der Waals surface area contributed by atoms with E-state index in [2.05, 4.69) is 9.97 Å². The van der Waals surface area contributed by atoms with Crippen LogP contribution in [0.2, 0.25) is 0 Å². The van der Waals surface area contributed by atoms with Gasteiger partial charge in [-0.05, 0) is 0 Å². The topological polar surface area (TPSA) is 78.1 Å². The number of carbonyl (C=O) groups excluding carboxylic acids is 1. The maximum absolute atomic E-state index is 10.4. The summed E-state index contributed by atoms with van der Waals surface area (Å²) in [5.41, 5.74) is 7.28. The summed E-state index contributed by atoms with van der Waals surface area (Å²) < 4.78 is 5.20. The summed E-state index contributed by atoms with van der Waals surface area (Å²) >= 11 is 0. The number of nitrogens with zero attached hydrogens (tertiary/aromatic N) is 2. The van der Waals surface area contributed by atoms with Gasteiger partial charge in [0, 0.05) is 12.0 Å². The first-order chi connectivity index (χ1) is 6.31. The number of nitrogen functional groups attached to an aromatic ring is 1. The highest BCUT2D eigenvalue weighted by Crippen LogP contribution is 2.18. The van der Waals surface area contributed by atoms with Gasteiger partial charge in [0.25, 0.3) is 0 Å². The molecule has 0 spiro atoms. The third kappa shape index (κ3) is 1.38. The molecule has 0 fully saturated rings. The van der Waals surface area contributed by atoms with Crippen LogP contribution >= 0.6 is 0 Å². The van der Waals surface area contributed by atoms with Crippen molar-refractivity contribution in [2.24, 2.45) is 0 Å². The van der Waals surface area contributed by atoms with E-state index in [1.54, 1.807) is 0 Å². The number of carbonyl (C=O) groups is 1. The van der Waals surface area contributed by atoms with Gasteiger partial charge in [-0.1, -0.05) is 0 Å². The van der Waals surface area contributed by atoms with Crippen molar-refractivity contribution in [3.8, 4) is 0 Å². The van der Waals surface area contributed by atoms with Crippen LogP contribution in [0.3, 0.4) is 0 Å². The molecule has 2 rings (SSSR count). The molecule has 1 aliphatic rings. The van der Waals surface area contributed by atoms with Crippen molar-refractivity contribution in [3.63, 3.8) is 0 Å². The molecule has 0 amide bonds. The van der Waals surface area contributed by atoms with Crippen molar-refractivity contribution in [2.75, 3.05) is 12.3 Å². The van der Waals surface area contributed by atoms with Gasteiger partial charge >= 0.3 is 0 Å². The standard InChI is InChI=1S/C8H9N3O2/c9-8-5-4-13-2-1-6(5)10-7(3-12)11-8/h3H,1-2,4H2,(H2,9,10,11). The number of nitrogens with two attached hydrogens (primary N) is 1. The lowest BCUT2D eigenvalue weighted by Crippen LogP contribution is -2.16. The smallest absolute Gasteiger partial charge is 0.194 e. The molecule has 2 heterocycles. The number of hydrogen-bond acceptors (Lipinski definition) is 5. The lowest BCUT2D eigenvalue weighted by Gasteiger charge is -2.16. The molecular weight excluding hydrogens is 170 g/mol. The van der Waals surface area contributed by atoms with Gasteiger partial charge in [0.2, 0.25) is 0 Å². The fraction of sp³-hybridized carbons (Fsp3) is 0.375. The number of fused-ring (bicyclic) bond motifs is 1. The highest BCUT2D eigenvalue weighted by molar-refractivity contribution is 5.70. The van der Waals surface area contributed by atoms with Crippen LogP contribution in [0.4, 0.5) is 5.82 Å². The molecule has 0 saturated carbocycles. The Kier molecular flexibility index (Phi) is 1.94. The maximum atomic E-state index is 10.4. The molecule has 0 saturated heterocycles. The molecule has 1 aliphatic heterocycles. The summed E-state index contributed by atoms with van der Waals surface area (Å²) in [6.07, 6.45) is 1.30. The first-order valence-electron chi connectivity index (χ1n) is 3.99. The predicted molar refractivity (Wildman–Crippen MR) is 45.2 cm³/mol. The molecule has 68 valence electrons. The molecular formula is C8H9N3O2. The van der Waals surface area contributed by atoms with E-state index in [-0.39, 0.29) is 5.82 Å². The first kappa shape index (κ1) is 8.12. The number of ether oxygens (including phenoxy) is 1. The minimum atomic E-state index is 0.151. The van der Waals surface area contributed by atoms with Crippen LogP contribution in [-0.4, -0.2) is 22.9 Å². The molecule has 1 aromatic rings. The molecule has 0 unspecified atom stereocenters. The third-order valence-corrected chi connectivity index (χ3v) is 1.98. The second-order valence-corrected chi connectivity index (χ2v) is 2.81. The molecule has 5 heteroatoms. The second-order valence-electron chi connectivity index (χ2n) is 2.81. The van der Waals surface area contributed by atoms with Crippen molar-refractivity contribution in [3.05, 3.63) is 17.1 Å². The normalized spacial score (nSPS) is 15.1. The third-order valence-electron chi connectivity index (χ3n) is 1.98. The number of aromatic nitrogens is 2. The quantitative estimate of drug-likeness (QED) is 0.611. The van der Waals surface area contributed by atoms with Gasteiger partial charge < -0.3 is 10.5 Å². The minimum Gasteiger partial charge on any atom is -0.383 e. The number of hydrogen-bond donors (Lipinski definition) is 1. The van der Waals surface area contributed by atoms with E-state index in [1.165, 1.54) is 0 Å². The van der Waals surface area contributed by atoms with Crippen molar-refractivity contribution in [1.82, 2.24) is 9.97 Å². The van der Waals surface area contributed by atoms with Crippen LogP contribution < -0.4 is 5.73 Å². The lowest BCUT2D eigenvalue weighted by molar-refractivity contribution is 0.107. The summed E-state index contributed by atoms with van der Waals surface area (Å²) in [6, 6.07) is 0. The Bertz CT molecular complexity index is 351. The second kappa shape index (κ2) is 3.10. The Balaban J connectivity index is 2.52. The maximum Gasteiger partial charge on any atom is 0.194 e. The first-order valence-corrected chi connectivity index (χ1v) is 3.99. The molecule has 0 bridgehead atoms. The van der Waals surface area contributed by atoms with Crippen LogP contribution in [0.5, 0.6) is 0 Å². The van der Waals surface area contributed by atoms with Crippen LogP contribution in [0.15, 0.2) is 0 Å². The Labute approximate surface area is 74.9 Å². The predicted octanol–water partition coefficient (Wildman–Crippen LogP) is -0.0560. The Morgan fingerprint density at radius 3 is 3.08 bits per heavy atom. The monoisotopic (exact) mass is 179 g/mol. The van der Waals surface area contributed by atoms with E-state index >= 15 is 0 Å². The van der Waals surface area contributed by atoms with E-state index in [4.69, 9.17) is 10.5 Å². The average molecular weight is 179 g/mol. The van der Waals surface area contributed by atoms with Crippen LogP contribution in [0.25, 0.3) is 0 Å². The number of aldehydes is 1. The van der Waals surface area contributed by atoms with Crippen LogP contribution in [-0.2, 0) is 17.8 Å². The molecule has 0 aliphatic carbocycles. The zero-order valence-corrected chi connectivity index (χ0v) is 6.99. The van der Waals surface area contributed by atoms with E-state index in [0.29, 0.717) is 31.7 Å². The van der Waals surface area contributed by atoms with Crippen molar-refractivity contribution < 1.29 is 9.53 Å². The number of anilines is 1. The summed E-state index contributed by atoms with van der Waals surface area (Å²) in [5, 5.41) is 0. The summed E-state index contributed by atoms with van der Waals surface area (Å²) in [6.45, 7) is 1.07. The average Bonchev–Trinajstić information content (AvgIpc) is 2.18. The van der Waals surface area contributed by atoms with Gasteiger partial charge in [-0.3, -0.25) is 4.79 Å². The Morgan fingerprint density at radius 2 is 2.31 bits per heavy atom. The Morgan fingerprint density at radius 1 is 1.46 bits per heavy atom. The Hall–Kier alpha value is -1.49. The highest BCUT2D eigenvalue weighted by atomic mass is 16.5. The lowest BCUT2D eigenvalue weighted by atomic mass is 10.1. The largest absolute Gasteiger partial charge is 0.383 e.